The predicted molar refractivity (Wildman–Crippen MR) is 123 cm³/mol. The summed E-state index contributed by atoms with van der Waals surface area (Å²) in [4.78, 5) is 43.6. The largest absolute Gasteiger partial charge is 0.316 e. The smallest absolute Gasteiger partial charge is 0.272 e. The standard InChI is InChI=1S/C22H22N4O4S/c1-25(2)10-11-31-18-8-6-15(7-9-18)13-19-21(27)24-20(22(28)23-19)14-16-4-3-5-17(12-16)26(29)30/h3-9,12-14H,10-11H2,1-2H3,(H,23,28)(H,24,27)/b19-13-,20-14-. The lowest BCUT2D eigenvalue weighted by molar-refractivity contribution is -0.384. The van der Waals surface area contributed by atoms with Crippen LogP contribution in [-0.2, 0) is 0 Å². The Hall–Kier alpha value is -3.43. The van der Waals surface area contributed by atoms with E-state index in [9.17, 15) is 19.7 Å². The molecule has 0 aliphatic heterocycles. The summed E-state index contributed by atoms with van der Waals surface area (Å²) in [5, 5.41) is 11.1. The molecule has 0 aliphatic rings. The number of nitro groups is 1. The van der Waals surface area contributed by atoms with Crippen LogP contribution in [0.15, 0.2) is 63.0 Å². The zero-order chi connectivity index (χ0) is 22.4. The van der Waals surface area contributed by atoms with Gasteiger partial charge < -0.3 is 14.9 Å². The van der Waals surface area contributed by atoms with E-state index in [2.05, 4.69) is 14.9 Å². The van der Waals surface area contributed by atoms with Crippen LogP contribution in [0.3, 0.4) is 0 Å². The molecule has 9 heteroatoms. The number of H-pyrrole nitrogens is 2. The van der Waals surface area contributed by atoms with Gasteiger partial charge in [0.25, 0.3) is 16.8 Å². The molecule has 2 N–H and O–H groups in total. The maximum absolute atomic E-state index is 12.4. The van der Waals surface area contributed by atoms with Gasteiger partial charge in [0.05, 0.1) is 4.92 Å². The molecule has 0 spiro atoms. The Labute approximate surface area is 182 Å². The van der Waals surface area contributed by atoms with Crippen LogP contribution in [0.5, 0.6) is 0 Å². The van der Waals surface area contributed by atoms with Crippen LogP contribution in [0.1, 0.15) is 11.1 Å². The van der Waals surface area contributed by atoms with Crippen molar-refractivity contribution >= 4 is 29.6 Å². The van der Waals surface area contributed by atoms with Gasteiger partial charge in [0.2, 0.25) is 0 Å². The molecule has 0 saturated heterocycles. The number of thioether (sulfide) groups is 1. The number of nitrogens with zero attached hydrogens (tertiary/aromatic N) is 2. The summed E-state index contributed by atoms with van der Waals surface area (Å²) in [6.07, 6.45) is 3.00. The topological polar surface area (TPSA) is 112 Å². The van der Waals surface area contributed by atoms with Crippen LogP contribution >= 0.6 is 11.8 Å². The number of rotatable bonds is 7. The highest BCUT2D eigenvalue weighted by atomic mass is 32.2. The van der Waals surface area contributed by atoms with Crippen molar-refractivity contribution in [1.29, 1.82) is 0 Å². The molecule has 0 unspecified atom stereocenters. The Morgan fingerprint density at radius 1 is 0.968 bits per heavy atom. The van der Waals surface area contributed by atoms with Gasteiger partial charge in [0, 0.05) is 29.3 Å². The second-order valence-corrected chi connectivity index (χ2v) is 8.27. The first-order valence-corrected chi connectivity index (χ1v) is 10.5. The van der Waals surface area contributed by atoms with E-state index in [0.29, 0.717) is 5.56 Å². The highest BCUT2D eigenvalue weighted by Crippen LogP contribution is 2.18. The molecule has 0 bridgehead atoms. The number of non-ortho nitro benzene ring substituents is 1. The number of hydrogen-bond donors (Lipinski definition) is 2. The third-order valence-corrected chi connectivity index (χ3v) is 5.37. The van der Waals surface area contributed by atoms with E-state index in [1.165, 1.54) is 24.3 Å². The average Bonchev–Trinajstić information content (AvgIpc) is 2.73. The molecule has 0 amide bonds. The van der Waals surface area contributed by atoms with Crippen molar-refractivity contribution in [2.75, 3.05) is 26.4 Å². The van der Waals surface area contributed by atoms with E-state index in [4.69, 9.17) is 0 Å². The van der Waals surface area contributed by atoms with Crippen molar-refractivity contribution in [1.82, 2.24) is 14.9 Å². The lowest BCUT2D eigenvalue weighted by atomic mass is 10.2. The van der Waals surface area contributed by atoms with Crippen molar-refractivity contribution < 1.29 is 4.92 Å². The lowest BCUT2D eigenvalue weighted by Crippen LogP contribution is -2.46. The Balaban J connectivity index is 1.87. The molecule has 0 aliphatic carbocycles. The molecule has 160 valence electrons. The van der Waals surface area contributed by atoms with Gasteiger partial charge >= 0.3 is 0 Å². The molecule has 0 atom stereocenters. The first kappa shape index (κ1) is 22.3. The predicted octanol–water partition coefficient (Wildman–Crippen LogP) is 1.28. The second-order valence-electron chi connectivity index (χ2n) is 7.10. The van der Waals surface area contributed by atoms with Crippen molar-refractivity contribution in [3.8, 4) is 0 Å². The summed E-state index contributed by atoms with van der Waals surface area (Å²) in [5.74, 6) is 0.978. The van der Waals surface area contributed by atoms with Crippen LogP contribution in [0.25, 0.3) is 12.2 Å². The molecule has 8 nitrogen and oxygen atoms in total. The SMILES string of the molecule is CN(C)CCSc1ccc(/C=c2\[nH]c(=O)/c(=C/c3cccc([N+](=O)[O-])c3)[nH]c2=O)cc1. The fourth-order valence-corrected chi connectivity index (χ4v) is 3.78. The first-order chi connectivity index (χ1) is 14.8. The Kier molecular flexibility index (Phi) is 7.22. The van der Waals surface area contributed by atoms with Gasteiger partial charge in [0.15, 0.2) is 0 Å². The summed E-state index contributed by atoms with van der Waals surface area (Å²) in [7, 11) is 4.06. The van der Waals surface area contributed by atoms with E-state index >= 15 is 0 Å². The number of hydrogen-bond acceptors (Lipinski definition) is 6. The fourth-order valence-electron chi connectivity index (χ4n) is 2.76. The van der Waals surface area contributed by atoms with E-state index in [0.717, 1.165) is 22.8 Å². The minimum absolute atomic E-state index is 0.0234. The third kappa shape index (κ3) is 6.27. The summed E-state index contributed by atoms with van der Waals surface area (Å²) in [6, 6.07) is 13.5. The lowest BCUT2D eigenvalue weighted by Gasteiger charge is -2.08. The summed E-state index contributed by atoms with van der Waals surface area (Å²) >= 11 is 1.75. The maximum Gasteiger partial charge on any atom is 0.272 e. The van der Waals surface area contributed by atoms with E-state index in [-0.39, 0.29) is 16.4 Å². The van der Waals surface area contributed by atoms with E-state index in [1.807, 2.05) is 38.4 Å². The van der Waals surface area contributed by atoms with Gasteiger partial charge in [-0.05, 0) is 49.5 Å². The zero-order valence-corrected chi connectivity index (χ0v) is 17.9. The molecule has 0 fully saturated rings. The molecule has 1 aromatic heterocycles. The summed E-state index contributed by atoms with van der Waals surface area (Å²) in [6.45, 7) is 0.981. The first-order valence-electron chi connectivity index (χ1n) is 9.50. The third-order valence-electron chi connectivity index (χ3n) is 4.38. The molecule has 3 aromatic rings. The molecular formula is C22H22N4O4S. The van der Waals surface area contributed by atoms with Gasteiger partial charge in [0.1, 0.15) is 10.7 Å². The summed E-state index contributed by atoms with van der Waals surface area (Å²) in [5.41, 5.74) is 0.178. The highest BCUT2D eigenvalue weighted by molar-refractivity contribution is 7.99. The van der Waals surface area contributed by atoms with Gasteiger partial charge in [-0.15, -0.1) is 11.8 Å². The molecule has 31 heavy (non-hydrogen) atoms. The maximum atomic E-state index is 12.4. The molecule has 2 aromatic carbocycles. The Morgan fingerprint density at radius 3 is 2.16 bits per heavy atom. The highest BCUT2D eigenvalue weighted by Gasteiger charge is 2.05. The van der Waals surface area contributed by atoms with E-state index < -0.39 is 16.0 Å². The molecule has 0 saturated carbocycles. The van der Waals surface area contributed by atoms with Crippen LogP contribution in [0.2, 0.25) is 0 Å². The summed E-state index contributed by atoms with van der Waals surface area (Å²) < 4.78 is 0. The monoisotopic (exact) mass is 438 g/mol. The van der Waals surface area contributed by atoms with Gasteiger partial charge in [-0.25, -0.2) is 0 Å². The molecule has 1 heterocycles. The number of aromatic amines is 2. The van der Waals surface area contributed by atoms with Crippen LogP contribution in [-0.4, -0.2) is 46.2 Å². The Bertz CT molecular complexity index is 1310. The van der Waals surface area contributed by atoms with Crippen molar-refractivity contribution in [3.05, 3.63) is 101 Å². The minimum atomic E-state index is -0.519. The van der Waals surface area contributed by atoms with E-state index in [1.54, 1.807) is 23.9 Å². The normalized spacial score (nSPS) is 12.5. The Morgan fingerprint density at radius 2 is 1.58 bits per heavy atom. The zero-order valence-electron chi connectivity index (χ0n) is 17.1. The number of benzene rings is 2. The van der Waals surface area contributed by atoms with Crippen molar-refractivity contribution in [2.24, 2.45) is 0 Å². The van der Waals surface area contributed by atoms with Gasteiger partial charge in [-0.1, -0.05) is 24.3 Å². The molecule has 0 radical (unpaired) electrons. The number of nitro benzene ring substituents is 1. The van der Waals surface area contributed by atoms with Crippen LogP contribution in [0.4, 0.5) is 5.69 Å². The van der Waals surface area contributed by atoms with Crippen LogP contribution < -0.4 is 21.8 Å². The fraction of sp³-hybridized carbons (Fsp3) is 0.182. The average molecular weight is 439 g/mol. The minimum Gasteiger partial charge on any atom is -0.316 e. The number of nitrogens with one attached hydrogen (secondary N) is 2. The number of aromatic nitrogens is 2. The molecule has 3 rings (SSSR count). The van der Waals surface area contributed by atoms with Gasteiger partial charge in [-0.3, -0.25) is 19.7 Å². The van der Waals surface area contributed by atoms with Gasteiger partial charge in [-0.2, -0.15) is 0 Å². The second kappa shape index (κ2) is 10.1. The molecular weight excluding hydrogens is 416 g/mol. The van der Waals surface area contributed by atoms with Crippen LogP contribution in [0, 0.1) is 10.1 Å². The van der Waals surface area contributed by atoms with Crippen molar-refractivity contribution in [3.63, 3.8) is 0 Å². The quantitative estimate of drug-likeness (QED) is 0.327. The van der Waals surface area contributed by atoms with Crippen molar-refractivity contribution in [2.45, 2.75) is 4.90 Å².